The van der Waals surface area contributed by atoms with Crippen LogP contribution in [0.25, 0.3) is 0 Å². The van der Waals surface area contributed by atoms with Crippen LogP contribution in [0.1, 0.15) is 118 Å². The molecule has 0 aliphatic carbocycles. The molecular weight excluding hydrogens is 2150 g/mol. The second-order valence-corrected chi connectivity index (χ2v) is 40.5. The predicted molar refractivity (Wildman–Crippen MR) is 470 cm³/mol. The van der Waals surface area contributed by atoms with Gasteiger partial charge in [0.1, 0.15) is 86.9 Å². The Balaban J connectivity index is 0.000000147. The summed E-state index contributed by atoms with van der Waals surface area (Å²) in [5, 5.41) is 14.8. The zero-order valence-electron chi connectivity index (χ0n) is 75.7. The van der Waals surface area contributed by atoms with Crippen molar-refractivity contribution in [1.82, 2.24) is 133 Å². The zero-order valence-corrected chi connectivity index (χ0v) is 82.2. The first-order chi connectivity index (χ1) is 69.4. The minimum Gasteiger partial charge on any atom is -0.451 e. The van der Waals surface area contributed by atoms with Crippen LogP contribution in [0.5, 0.6) is 0 Å². The lowest BCUT2D eigenvalue weighted by atomic mass is 10.0. The molecule has 0 unspecified atom stereocenters. The maximum absolute atomic E-state index is 12.2. The molecule has 13 aliphatic rings. The number of carbonyl (C=O) groups excluding carboxylic acids is 12. The zero-order chi connectivity index (χ0) is 106. The fraction of sp³-hybridized carbons (Fsp3) is 0.574. The van der Waals surface area contributed by atoms with Crippen LogP contribution in [0.4, 0.5) is 33.9 Å². The van der Waals surface area contributed by atoms with Gasteiger partial charge in [0.2, 0.25) is 0 Å². The maximum Gasteiger partial charge on any atom is 0.418 e. The number of fused-ring (bicyclic) bond motifs is 12. The van der Waals surface area contributed by atoms with Gasteiger partial charge < -0.3 is 44.5 Å². The van der Waals surface area contributed by atoms with Crippen LogP contribution in [0, 0.1) is 0 Å². The van der Waals surface area contributed by atoms with Gasteiger partial charge in [-0.3, -0.25) is 94.8 Å². The molecule has 0 radical (unpaired) electrons. The number of H-pyrrole nitrogens is 1. The minimum absolute atomic E-state index is 0.000857. The van der Waals surface area contributed by atoms with E-state index in [-0.39, 0.29) is 78.9 Å². The number of aromatic amines is 1. The lowest BCUT2D eigenvalue weighted by Gasteiger charge is -2.28. The molecule has 12 bridgehead atoms. The first-order valence-electron chi connectivity index (χ1n) is 43.0. The Bertz CT molecular complexity index is 5970. The highest BCUT2D eigenvalue weighted by molar-refractivity contribution is 7.82. The molecule has 79 heteroatoms. The molecule has 71 nitrogen and oxygen atoms in total. The van der Waals surface area contributed by atoms with Gasteiger partial charge in [0, 0.05) is 75.9 Å². The number of hydrogen-bond acceptors (Lipinski definition) is 47. The standard InChI is InChI=1S/C13H18N4O7S.C11H16N6O7S.C11H15N5O7S2.C11H15N5O7S.C11H14N4O8S.C11H14N4O7S2/c18-12(15-23-6-4-9-3-5-14-7-9)11-2-1-10-8-16(11)13(19)17(10)24-25(20,21)22;1-15-4-7(12-14-15)6-23-13-10(18)9-3-2-8-5-16(9)11(19)17(8)24-25(20,21)22;12-10-13-6(5-24-10)4-22-14-9(17)8-2-1-7-3-15(8)11(18)16(7)23-25(19,20)21;17-10(14-22-5-7-3-12-6-13-7)9-2-1-8-4-15(9)11(18)16(8)23-24(19,20)21;16-10(13-22-5-7-4-21-6-12-7)9-2-1-8-3-14(9)11(17)15(8)23-24(18,19)20;16-10(13-21-4-7-5-23-6-12-7)9-2-1-8-3-14(9)11(17)15(8)22-24(18,19)20/h5,7,10-11H,1-4,6,8H2,(H,15,18)(H,20,21,22);4,8-9H,2-3,5-6H2,1H3,(H,13,18)(H,20,21,22);5,7-8H,1-4H2,(H2,12,13)(H,14,17)(H,19,20,21);3,6,8-9H,1-2,4-5H2,(H,12,13)(H,14,17)(H,19,20,21);4,6,8-9H,1-3,5H2,(H,13,16)(H,18,19,20);5-6,8-9H,1-4H2,(H,13,16)(H,18,19,20)/t10-,11+;8-,9+;7-,8+;3*8-,9+/m111111/s1. The molecule has 0 aromatic carbocycles. The number of urea groups is 6. The number of amides is 18. The lowest BCUT2D eigenvalue weighted by molar-refractivity contribution is -0.140. The third-order valence-electron chi connectivity index (χ3n) is 22.9. The number of nitrogen functional groups attached to an aromatic ring is 1. The van der Waals surface area contributed by atoms with Crippen LogP contribution in [0.15, 0.2) is 68.8 Å². The first kappa shape index (κ1) is 112. The van der Waals surface area contributed by atoms with Crippen LogP contribution >= 0.6 is 22.7 Å². The Morgan fingerprint density at radius 1 is 0.435 bits per heavy atom. The summed E-state index contributed by atoms with van der Waals surface area (Å²) in [6.45, 7) is 1.15. The van der Waals surface area contributed by atoms with E-state index in [4.69, 9.17) is 66.5 Å². The normalized spacial score (nSPS) is 23.8. The molecule has 5 aromatic rings. The van der Waals surface area contributed by atoms with E-state index < -0.39 is 207 Å². The number of thiazole rings is 2. The Morgan fingerprint density at radius 2 is 0.762 bits per heavy atom. The summed E-state index contributed by atoms with van der Waals surface area (Å²) in [5.41, 5.74) is 24.6. The highest BCUT2D eigenvalue weighted by Gasteiger charge is 2.56. The van der Waals surface area contributed by atoms with Gasteiger partial charge in [0.15, 0.2) is 11.5 Å². The van der Waals surface area contributed by atoms with E-state index in [0.29, 0.717) is 147 Å². The third-order valence-corrected chi connectivity index (χ3v) is 26.4. The third kappa shape index (κ3) is 30.6. The van der Waals surface area contributed by atoms with Crippen molar-refractivity contribution in [2.75, 3.05) is 51.6 Å². The number of aromatic nitrogens is 8. The molecule has 15 N–H and O–H groups in total. The first-order valence-corrected chi connectivity index (χ1v) is 53.0. The Kier molecular flexibility index (Phi) is 36.6. The monoisotopic (exact) mass is 2240 g/mol. The summed E-state index contributed by atoms with van der Waals surface area (Å²) in [7, 11) is -27.2. The van der Waals surface area contributed by atoms with E-state index in [0.717, 1.165) is 16.9 Å². The number of aryl methyl sites for hydroxylation is 1. The summed E-state index contributed by atoms with van der Waals surface area (Å²) >= 11 is 2.63. The molecule has 0 saturated carbocycles. The molecule has 5 aromatic heterocycles. The molecule has 147 heavy (non-hydrogen) atoms. The van der Waals surface area contributed by atoms with Crippen molar-refractivity contribution in [3.8, 4) is 0 Å². The smallest absolute Gasteiger partial charge is 0.418 e. The minimum atomic E-state index is -4.82. The number of hydroxylamine groups is 18. The van der Waals surface area contributed by atoms with Crippen molar-refractivity contribution < 1.29 is 195 Å². The van der Waals surface area contributed by atoms with Crippen molar-refractivity contribution in [2.45, 2.75) is 195 Å². The van der Waals surface area contributed by atoms with Gasteiger partial charge >= 0.3 is 98.6 Å². The van der Waals surface area contributed by atoms with Crippen molar-refractivity contribution in [3.63, 3.8) is 0 Å². The van der Waals surface area contributed by atoms with Crippen LogP contribution < -0.4 is 38.6 Å². The van der Waals surface area contributed by atoms with Crippen LogP contribution in [0.3, 0.4) is 0 Å². The fourth-order valence-corrected chi connectivity index (χ4v) is 20.0. The number of nitrogens with two attached hydrogens (primary N) is 1. The van der Waals surface area contributed by atoms with Crippen molar-refractivity contribution in [2.24, 2.45) is 12.0 Å². The van der Waals surface area contributed by atoms with E-state index >= 15 is 0 Å². The topological polar surface area (TPSA) is 902 Å². The highest BCUT2D eigenvalue weighted by Crippen LogP contribution is 2.38. The highest BCUT2D eigenvalue weighted by atomic mass is 32.3. The predicted octanol–water partition coefficient (Wildman–Crippen LogP) is -4.69. The Labute approximate surface area is 837 Å². The molecule has 12 atom stereocenters. The summed E-state index contributed by atoms with van der Waals surface area (Å²) in [4.78, 5) is 206. The van der Waals surface area contributed by atoms with E-state index in [2.05, 4.69) is 98.8 Å². The van der Waals surface area contributed by atoms with E-state index in [1.165, 1.54) is 77.0 Å². The van der Waals surface area contributed by atoms with Gasteiger partial charge in [0.05, 0.1) is 84.2 Å². The summed E-state index contributed by atoms with van der Waals surface area (Å²) in [5.74, 6) is -3.20. The molecular formula is C68H92N28O43S8. The number of carbonyl (C=O) groups is 12. The van der Waals surface area contributed by atoms with E-state index in [1.54, 1.807) is 41.9 Å². The fourth-order valence-electron chi connectivity index (χ4n) is 16.6. The number of aliphatic imine (C=N–C) groups is 1. The number of nitrogens with one attached hydrogen (secondary N) is 7. The second kappa shape index (κ2) is 48.2. The number of rotatable bonds is 37. The number of piperidine rings is 6. The molecule has 810 valence electrons. The largest absolute Gasteiger partial charge is 0.451 e. The van der Waals surface area contributed by atoms with Gasteiger partial charge in [-0.1, -0.05) is 5.21 Å². The second-order valence-electron chi connectivity index (χ2n) is 32.8. The van der Waals surface area contributed by atoms with Crippen molar-refractivity contribution in [1.29, 1.82) is 0 Å². The lowest BCUT2D eigenvalue weighted by Crippen LogP contribution is -2.49. The average molecular weight is 2250 g/mol. The molecule has 18 amide bonds. The van der Waals surface area contributed by atoms with Gasteiger partial charge in [-0.25, -0.2) is 81.6 Å². The van der Waals surface area contributed by atoms with Crippen molar-refractivity contribution >= 4 is 168 Å². The molecule has 12 fully saturated rings. The Hall–Kier alpha value is -12.5. The van der Waals surface area contributed by atoms with Gasteiger partial charge in [-0.15, -0.1) is 53.5 Å². The van der Waals surface area contributed by atoms with Gasteiger partial charge in [0.25, 0.3) is 35.4 Å². The molecule has 0 spiro atoms. The number of oxazole rings is 1. The van der Waals surface area contributed by atoms with Gasteiger partial charge in [-0.2, -0.15) is 80.9 Å². The number of imidazole rings is 1. The van der Waals surface area contributed by atoms with Crippen LogP contribution in [-0.2, 0) is 186 Å². The number of hydrogen-bond donors (Lipinski definition) is 14. The summed E-state index contributed by atoms with van der Waals surface area (Å²) < 4.78 is 214. The van der Waals surface area contributed by atoms with Crippen LogP contribution in [0.2, 0.25) is 0 Å². The SMILES string of the molecule is Cn1cc(CONC(=O)[C@@H]2CC[C@@H]3CN2C(=O)N3OS(=O)(=O)O)nn1.Nc1nc(CONC(=O)[C@@H]2CC[C@@H]3CN2C(=O)N3OS(=O)(=O)O)cs1.O=C(NOCCC1=CN=CC1)[C@@H]1CC[C@@H]2CN1C(=O)N2OS(=O)(=O)O.O=C(NOCc1cnc[nH]1)[C@@H]1CC[C@@H]2CN1C(=O)N2OS(=O)(=O)O.O=C(NOCc1cocn1)[C@@H]1CC[C@@H]2CN1C(=O)N2OS(=O)(=O)O.O=C(NOCc1cscn1)[C@@H]1CC[C@@H]2CN1C(=O)N2OS(=O)(=O)O. The molecule has 18 rings (SSSR count). The summed E-state index contributed by atoms with van der Waals surface area (Å²) in [6.07, 6.45) is 16.0. The number of anilines is 1. The molecule has 12 saturated heterocycles. The number of nitrogens with zero attached hydrogens (tertiary/aromatic N) is 20. The van der Waals surface area contributed by atoms with E-state index in [9.17, 15) is 108 Å². The quantitative estimate of drug-likeness (QED) is 0.0101. The van der Waals surface area contributed by atoms with E-state index in [1.807, 2.05) is 0 Å². The average Bonchev–Trinajstić information content (AvgIpc) is 1.65. The molecule has 13 aliphatic heterocycles. The van der Waals surface area contributed by atoms with Crippen LogP contribution in [-0.4, -0.2) is 374 Å². The van der Waals surface area contributed by atoms with Gasteiger partial charge in [-0.05, 0) is 89.0 Å². The maximum atomic E-state index is 12.2. The van der Waals surface area contributed by atoms with Crippen molar-refractivity contribution in [3.05, 3.63) is 87.9 Å². The molecule has 18 heterocycles. The Morgan fingerprint density at radius 3 is 1.03 bits per heavy atom. The summed E-state index contributed by atoms with van der Waals surface area (Å²) in [6, 6.07) is -13.0.